The average Bonchev–Trinajstić information content (AvgIpc) is 1.80. The van der Waals surface area contributed by atoms with Crippen molar-refractivity contribution in [1.82, 2.24) is 0 Å². The van der Waals surface area contributed by atoms with Crippen LogP contribution in [-0.4, -0.2) is 10.2 Å². The van der Waals surface area contributed by atoms with Gasteiger partial charge in [-0.15, -0.1) is 0 Å². The van der Waals surface area contributed by atoms with Crippen LogP contribution in [0.2, 0.25) is 0 Å². The number of alkyl halides is 2. The van der Waals surface area contributed by atoms with E-state index < -0.39 is 0 Å². The first kappa shape index (κ1) is 9.96. The molecule has 0 nitrogen and oxygen atoms in total. The van der Waals surface area contributed by atoms with Crippen molar-refractivity contribution in [3.05, 3.63) is 0 Å². The Balaban J connectivity index is 2.75. The van der Waals surface area contributed by atoms with Gasteiger partial charge in [-0.1, -0.05) is 51.6 Å². The lowest BCUT2D eigenvalue weighted by atomic mass is 10.2. The molecule has 0 aromatic rings. The third kappa shape index (κ3) is 8.96. The third-order valence-corrected chi connectivity index (χ3v) is 2.25. The largest absolute Gasteiger partial charge is 0.0928 e. The highest BCUT2D eigenvalue weighted by molar-refractivity contribution is 9.09. The van der Waals surface area contributed by atoms with E-state index in [4.69, 9.17) is 0 Å². The Bertz CT molecular complexity index is 52.9. The fraction of sp³-hybridized carbons (Fsp3) is 1.00. The molecule has 0 saturated carbocycles. The molecule has 9 heavy (non-hydrogen) atoms. The van der Waals surface area contributed by atoms with E-state index in [0.717, 1.165) is 5.33 Å². The molecule has 1 atom stereocenters. The molecule has 0 aromatic heterocycles. The highest BCUT2D eigenvalue weighted by Crippen LogP contribution is 2.09. The standard InChI is InChI=1S/C7H14Br2/c1-7(9)5-3-2-4-6-8/h7H,2-6H2,1H3/t7-/m1/s1. The first-order valence-electron chi connectivity index (χ1n) is 3.47. The molecule has 0 bridgehead atoms. The Kier molecular flexibility index (Phi) is 7.83. The molecule has 0 saturated heterocycles. The summed E-state index contributed by atoms with van der Waals surface area (Å²) in [6, 6.07) is 0. The summed E-state index contributed by atoms with van der Waals surface area (Å²) >= 11 is 6.92. The summed E-state index contributed by atoms with van der Waals surface area (Å²) in [7, 11) is 0. The van der Waals surface area contributed by atoms with Crippen molar-refractivity contribution in [3.63, 3.8) is 0 Å². The topological polar surface area (TPSA) is 0 Å². The lowest BCUT2D eigenvalue weighted by Gasteiger charge is -2.00. The minimum absolute atomic E-state index is 0.702. The van der Waals surface area contributed by atoms with Crippen LogP contribution in [0.25, 0.3) is 0 Å². The van der Waals surface area contributed by atoms with Gasteiger partial charge in [0.25, 0.3) is 0 Å². The van der Waals surface area contributed by atoms with Crippen LogP contribution in [0, 0.1) is 0 Å². The summed E-state index contributed by atoms with van der Waals surface area (Å²) in [5, 5.41) is 1.16. The average molecular weight is 258 g/mol. The number of rotatable bonds is 5. The van der Waals surface area contributed by atoms with E-state index in [0.29, 0.717) is 4.83 Å². The van der Waals surface area contributed by atoms with Gasteiger partial charge in [0.2, 0.25) is 0 Å². The zero-order valence-corrected chi connectivity index (χ0v) is 9.04. The van der Waals surface area contributed by atoms with Gasteiger partial charge in [-0.3, -0.25) is 0 Å². The van der Waals surface area contributed by atoms with Crippen molar-refractivity contribution in [2.24, 2.45) is 0 Å². The SMILES string of the molecule is C[C@@H](Br)CCCCCBr. The lowest BCUT2D eigenvalue weighted by Crippen LogP contribution is -1.89. The van der Waals surface area contributed by atoms with E-state index in [1.807, 2.05) is 0 Å². The van der Waals surface area contributed by atoms with Gasteiger partial charge >= 0.3 is 0 Å². The van der Waals surface area contributed by atoms with Crippen LogP contribution >= 0.6 is 31.9 Å². The monoisotopic (exact) mass is 256 g/mol. The lowest BCUT2D eigenvalue weighted by molar-refractivity contribution is 0.673. The van der Waals surface area contributed by atoms with Gasteiger partial charge < -0.3 is 0 Å². The molecule has 0 fully saturated rings. The predicted octanol–water partition coefficient (Wildman–Crippen LogP) is 3.73. The molecule has 0 aromatic carbocycles. The zero-order valence-electron chi connectivity index (χ0n) is 5.87. The molecular weight excluding hydrogens is 244 g/mol. The van der Waals surface area contributed by atoms with Crippen LogP contribution in [0.5, 0.6) is 0 Å². The van der Waals surface area contributed by atoms with Crippen molar-refractivity contribution in [3.8, 4) is 0 Å². The number of halogens is 2. The Morgan fingerprint density at radius 3 is 2.33 bits per heavy atom. The molecule has 0 aliphatic carbocycles. The molecule has 0 heterocycles. The van der Waals surface area contributed by atoms with Crippen molar-refractivity contribution in [2.75, 3.05) is 5.33 Å². The number of unbranched alkanes of at least 4 members (excludes halogenated alkanes) is 2. The van der Waals surface area contributed by atoms with Crippen LogP contribution in [0.4, 0.5) is 0 Å². The van der Waals surface area contributed by atoms with E-state index in [-0.39, 0.29) is 0 Å². The van der Waals surface area contributed by atoms with Gasteiger partial charge in [-0.05, 0) is 12.8 Å². The van der Waals surface area contributed by atoms with Crippen molar-refractivity contribution < 1.29 is 0 Å². The zero-order chi connectivity index (χ0) is 7.11. The van der Waals surface area contributed by atoms with E-state index in [9.17, 15) is 0 Å². The van der Waals surface area contributed by atoms with E-state index in [1.165, 1.54) is 25.7 Å². The van der Waals surface area contributed by atoms with Gasteiger partial charge in [0, 0.05) is 10.2 Å². The van der Waals surface area contributed by atoms with Gasteiger partial charge in [-0.25, -0.2) is 0 Å². The highest BCUT2D eigenvalue weighted by atomic mass is 79.9. The summed E-state index contributed by atoms with van der Waals surface area (Å²) in [4.78, 5) is 0.702. The Morgan fingerprint density at radius 1 is 1.22 bits per heavy atom. The molecule has 0 N–H and O–H groups in total. The van der Waals surface area contributed by atoms with Crippen LogP contribution in [-0.2, 0) is 0 Å². The Hall–Kier alpha value is 0.960. The fourth-order valence-electron chi connectivity index (χ4n) is 0.697. The van der Waals surface area contributed by atoms with Crippen molar-refractivity contribution in [1.29, 1.82) is 0 Å². The van der Waals surface area contributed by atoms with Gasteiger partial charge in [0.15, 0.2) is 0 Å². The first-order valence-corrected chi connectivity index (χ1v) is 5.51. The van der Waals surface area contributed by atoms with Crippen molar-refractivity contribution >= 4 is 31.9 Å². The predicted molar refractivity (Wildman–Crippen MR) is 50.7 cm³/mol. The minimum atomic E-state index is 0.702. The molecule has 2 heteroatoms. The minimum Gasteiger partial charge on any atom is -0.0928 e. The first-order chi connectivity index (χ1) is 4.27. The van der Waals surface area contributed by atoms with E-state index in [1.54, 1.807) is 0 Å². The van der Waals surface area contributed by atoms with Gasteiger partial charge in [0.05, 0.1) is 0 Å². The summed E-state index contributed by atoms with van der Waals surface area (Å²) < 4.78 is 0. The Labute approximate surface area is 74.7 Å². The summed E-state index contributed by atoms with van der Waals surface area (Å²) in [5.74, 6) is 0. The van der Waals surface area contributed by atoms with Gasteiger partial charge in [-0.2, -0.15) is 0 Å². The van der Waals surface area contributed by atoms with Crippen LogP contribution in [0.15, 0.2) is 0 Å². The maximum Gasteiger partial charge on any atom is 0.0117 e. The molecule has 0 aliphatic heterocycles. The highest BCUT2D eigenvalue weighted by Gasteiger charge is 1.93. The Morgan fingerprint density at radius 2 is 1.89 bits per heavy atom. The fourth-order valence-corrected chi connectivity index (χ4v) is 1.42. The molecule has 0 spiro atoms. The second kappa shape index (κ2) is 7.07. The maximum atomic E-state index is 3.51. The molecular formula is C7H14Br2. The smallest absolute Gasteiger partial charge is 0.0117 e. The normalized spacial score (nSPS) is 13.7. The summed E-state index contributed by atoms with van der Waals surface area (Å²) in [6.45, 7) is 2.20. The molecule has 0 rings (SSSR count). The number of hydrogen-bond donors (Lipinski definition) is 0. The molecule has 0 radical (unpaired) electrons. The van der Waals surface area contributed by atoms with Gasteiger partial charge in [0.1, 0.15) is 0 Å². The third-order valence-electron chi connectivity index (χ3n) is 1.24. The molecule has 0 unspecified atom stereocenters. The number of hydrogen-bond acceptors (Lipinski definition) is 0. The van der Waals surface area contributed by atoms with Crippen molar-refractivity contribution in [2.45, 2.75) is 37.4 Å². The second-order valence-corrected chi connectivity index (χ2v) is 4.68. The van der Waals surface area contributed by atoms with E-state index in [2.05, 4.69) is 38.8 Å². The summed E-state index contributed by atoms with van der Waals surface area (Å²) in [6.07, 6.45) is 5.35. The quantitative estimate of drug-likeness (QED) is 0.520. The van der Waals surface area contributed by atoms with Crippen LogP contribution < -0.4 is 0 Å². The maximum absolute atomic E-state index is 3.51. The summed E-state index contributed by atoms with van der Waals surface area (Å²) in [5.41, 5.74) is 0. The van der Waals surface area contributed by atoms with E-state index >= 15 is 0 Å². The van der Waals surface area contributed by atoms with Crippen LogP contribution in [0.3, 0.4) is 0 Å². The molecule has 0 amide bonds. The van der Waals surface area contributed by atoms with Crippen LogP contribution in [0.1, 0.15) is 32.6 Å². The second-order valence-electron chi connectivity index (χ2n) is 2.32. The molecule has 56 valence electrons. The molecule has 0 aliphatic rings.